The Morgan fingerprint density at radius 3 is 1.14 bits per heavy atom. The highest BCUT2D eigenvalue weighted by Gasteiger charge is 2.05. The second kappa shape index (κ2) is 19.5. The van der Waals surface area contributed by atoms with Crippen LogP contribution in [0.5, 0.6) is 0 Å². The van der Waals surface area contributed by atoms with Crippen LogP contribution in [0.15, 0.2) is 0 Å². The summed E-state index contributed by atoms with van der Waals surface area (Å²) in [5, 5.41) is 0. The third kappa shape index (κ3) is 49.9. The molecule has 0 fully saturated rings. The molecule has 0 rings (SSSR count). The van der Waals surface area contributed by atoms with E-state index in [1.54, 1.807) is 18.5 Å². The van der Waals surface area contributed by atoms with Crippen molar-refractivity contribution in [1.29, 1.82) is 0 Å². The summed E-state index contributed by atoms with van der Waals surface area (Å²) in [7, 11) is -7.37. The fraction of sp³-hybridized carbons (Fsp3) is 1.00. The number of hydrogen-bond donors (Lipinski definition) is 4. The van der Waals surface area contributed by atoms with E-state index < -0.39 is 18.7 Å². The van der Waals surface area contributed by atoms with Gasteiger partial charge in [0.05, 0.1) is 0 Å². The molecule has 0 heterocycles. The van der Waals surface area contributed by atoms with Gasteiger partial charge in [0.15, 0.2) is 0 Å². The summed E-state index contributed by atoms with van der Waals surface area (Å²) in [6, 6.07) is 0. The van der Waals surface area contributed by atoms with Crippen LogP contribution in [0.2, 0.25) is 0 Å². The Morgan fingerprint density at radius 1 is 0.818 bits per heavy atom. The standard InChI is InChI=1S/C12H27P.H2O4S.H3O3P/c1-4-7-10-13(11-8-5-2)12-9-6-3;1-5(2,3)4;1-4(2)3/h4-12H2,1-3H3;(H2,1,2,3,4);4H,(H2,1,2,3). The first kappa shape index (κ1) is 27.3. The maximum atomic E-state index is 8.74. The molecule has 7 nitrogen and oxygen atoms in total. The first-order valence-corrected chi connectivity index (χ1v) is 12.0. The van der Waals surface area contributed by atoms with Crippen molar-refractivity contribution < 1.29 is 31.9 Å². The molecule has 10 heteroatoms. The zero-order chi connectivity index (χ0) is 18.0. The van der Waals surface area contributed by atoms with Crippen LogP contribution in [0.3, 0.4) is 0 Å². The molecule has 22 heavy (non-hydrogen) atoms. The van der Waals surface area contributed by atoms with Gasteiger partial charge in [-0.25, -0.2) is 0 Å². The van der Waals surface area contributed by atoms with Crippen molar-refractivity contribution in [2.75, 3.05) is 18.5 Å². The van der Waals surface area contributed by atoms with Gasteiger partial charge < -0.3 is 9.79 Å². The predicted octanol–water partition coefficient (Wildman–Crippen LogP) is 3.58. The highest BCUT2D eigenvalue weighted by molar-refractivity contribution is 7.79. The number of unbranched alkanes of at least 4 members (excludes halogenated alkanes) is 3. The van der Waals surface area contributed by atoms with Crippen molar-refractivity contribution in [1.82, 2.24) is 0 Å². The number of rotatable bonds is 9. The summed E-state index contributed by atoms with van der Waals surface area (Å²) in [6.45, 7) is 6.94. The van der Waals surface area contributed by atoms with Crippen LogP contribution in [0.25, 0.3) is 0 Å². The molecular weight excluding hydrogens is 350 g/mol. The molecule has 0 bridgehead atoms. The molecule has 4 N–H and O–H groups in total. The molecule has 0 aliphatic heterocycles. The maximum absolute atomic E-state index is 8.74. The fourth-order valence-electron chi connectivity index (χ4n) is 1.48. The second-order valence-electron chi connectivity index (χ2n) is 4.63. The largest absolute Gasteiger partial charge is 0.394 e. The minimum absolute atomic E-state index is 0.422. The molecule has 0 aromatic carbocycles. The quantitative estimate of drug-likeness (QED) is 0.354. The van der Waals surface area contributed by atoms with Crippen LogP contribution in [-0.4, -0.2) is 45.8 Å². The summed E-state index contributed by atoms with van der Waals surface area (Å²) in [6.07, 6.45) is 13.2. The predicted molar refractivity (Wildman–Crippen MR) is 93.9 cm³/mol. The highest BCUT2D eigenvalue weighted by Crippen LogP contribution is 2.38. The monoisotopic (exact) mass is 382 g/mol. The minimum atomic E-state index is -4.67. The van der Waals surface area contributed by atoms with Crippen molar-refractivity contribution in [2.45, 2.75) is 59.3 Å². The highest BCUT2D eigenvalue weighted by atomic mass is 32.3. The minimum Gasteiger partial charge on any atom is -0.326 e. The molecule has 0 aromatic rings. The van der Waals surface area contributed by atoms with Crippen LogP contribution in [0, 0.1) is 0 Å². The molecule has 0 saturated heterocycles. The van der Waals surface area contributed by atoms with E-state index in [0.717, 1.165) is 0 Å². The van der Waals surface area contributed by atoms with E-state index in [0.29, 0.717) is 7.92 Å². The van der Waals surface area contributed by atoms with Gasteiger partial charge in [0.2, 0.25) is 0 Å². The lowest BCUT2D eigenvalue weighted by Crippen LogP contribution is -1.95. The Labute approximate surface area is 136 Å². The summed E-state index contributed by atoms with van der Waals surface area (Å²) >= 11 is 0. The van der Waals surface area contributed by atoms with Gasteiger partial charge >= 0.3 is 18.7 Å². The Bertz CT molecular complexity index is 305. The molecule has 0 aromatic heterocycles. The second-order valence-corrected chi connectivity index (χ2v) is 8.78. The van der Waals surface area contributed by atoms with Crippen LogP contribution >= 0.6 is 16.2 Å². The fourth-order valence-corrected chi connectivity index (χ4v) is 4.44. The van der Waals surface area contributed by atoms with Gasteiger partial charge in [0.1, 0.15) is 0 Å². The molecule has 0 amide bonds. The van der Waals surface area contributed by atoms with Gasteiger partial charge in [-0.2, -0.15) is 8.42 Å². The molecule has 0 radical (unpaired) electrons. The van der Waals surface area contributed by atoms with Gasteiger partial charge in [0, 0.05) is 0 Å². The summed E-state index contributed by atoms with van der Waals surface area (Å²) in [5.74, 6) is 0. The van der Waals surface area contributed by atoms with Crippen LogP contribution in [-0.2, 0) is 15.0 Å². The SMILES string of the molecule is CCCCP(CCCC)CCCC.O=S(=O)(O)O.O=[PH](O)O. The lowest BCUT2D eigenvalue weighted by Gasteiger charge is -2.16. The lowest BCUT2D eigenvalue weighted by molar-refractivity contribution is 0.380. The lowest BCUT2D eigenvalue weighted by atomic mass is 10.4. The van der Waals surface area contributed by atoms with Crippen molar-refractivity contribution in [2.24, 2.45) is 0 Å². The van der Waals surface area contributed by atoms with Gasteiger partial charge in [0.25, 0.3) is 0 Å². The van der Waals surface area contributed by atoms with Crippen LogP contribution in [0.1, 0.15) is 59.3 Å². The topological polar surface area (TPSA) is 132 Å². The Balaban J connectivity index is -0.000000330. The van der Waals surface area contributed by atoms with Gasteiger partial charge in [-0.05, 0) is 37.7 Å². The zero-order valence-electron chi connectivity index (χ0n) is 13.7. The Kier molecular flexibility index (Phi) is 24.2. The Morgan fingerprint density at radius 2 is 1.00 bits per heavy atom. The Hall–Kier alpha value is 0.450. The molecular formula is C12H32O7P2S. The van der Waals surface area contributed by atoms with Gasteiger partial charge in [-0.3, -0.25) is 13.7 Å². The molecule has 0 unspecified atom stereocenters. The van der Waals surface area contributed by atoms with E-state index in [2.05, 4.69) is 20.8 Å². The van der Waals surface area contributed by atoms with E-state index >= 15 is 0 Å². The van der Waals surface area contributed by atoms with E-state index in [9.17, 15) is 0 Å². The van der Waals surface area contributed by atoms with Crippen LogP contribution in [0.4, 0.5) is 0 Å². The van der Waals surface area contributed by atoms with Crippen molar-refractivity contribution in [3.05, 3.63) is 0 Å². The average Bonchev–Trinajstić information content (AvgIpc) is 2.35. The molecule has 0 saturated carbocycles. The smallest absolute Gasteiger partial charge is 0.326 e. The van der Waals surface area contributed by atoms with Gasteiger partial charge in [-0.1, -0.05) is 40.0 Å². The van der Waals surface area contributed by atoms with E-state index in [-0.39, 0.29) is 0 Å². The molecule has 0 aliphatic rings. The number of hydrogen-bond acceptors (Lipinski definition) is 3. The van der Waals surface area contributed by atoms with Gasteiger partial charge in [-0.15, -0.1) is 7.92 Å². The summed E-state index contributed by atoms with van der Waals surface area (Å²) in [4.78, 5) is 14.3. The summed E-state index contributed by atoms with van der Waals surface area (Å²) in [5.41, 5.74) is 0. The molecule has 0 atom stereocenters. The zero-order valence-corrected chi connectivity index (χ0v) is 16.4. The van der Waals surface area contributed by atoms with E-state index in [1.807, 2.05) is 0 Å². The van der Waals surface area contributed by atoms with E-state index in [1.165, 1.54) is 38.5 Å². The van der Waals surface area contributed by atoms with E-state index in [4.69, 9.17) is 31.9 Å². The summed E-state index contributed by atoms with van der Waals surface area (Å²) < 4.78 is 40.3. The molecule has 0 aliphatic carbocycles. The van der Waals surface area contributed by atoms with Crippen molar-refractivity contribution in [3.63, 3.8) is 0 Å². The van der Waals surface area contributed by atoms with Crippen LogP contribution < -0.4 is 0 Å². The normalized spacial score (nSPS) is 10.8. The first-order chi connectivity index (χ1) is 10.1. The van der Waals surface area contributed by atoms with Crippen molar-refractivity contribution >= 4 is 26.6 Å². The molecule has 0 spiro atoms. The first-order valence-electron chi connectivity index (χ1n) is 7.42. The molecule has 138 valence electrons. The maximum Gasteiger partial charge on any atom is 0.394 e. The third-order valence-corrected chi connectivity index (χ3v) is 5.33. The third-order valence-electron chi connectivity index (χ3n) is 2.48. The average molecular weight is 382 g/mol. The van der Waals surface area contributed by atoms with Crippen molar-refractivity contribution in [3.8, 4) is 0 Å².